The summed E-state index contributed by atoms with van der Waals surface area (Å²) in [6.45, 7) is 4.86. The first-order valence-electron chi connectivity index (χ1n) is 12.1. The van der Waals surface area contributed by atoms with Crippen molar-refractivity contribution in [2.75, 3.05) is 0 Å². The van der Waals surface area contributed by atoms with Gasteiger partial charge in [-0.3, -0.25) is 0 Å². The van der Waals surface area contributed by atoms with Crippen molar-refractivity contribution >= 4 is 23.1 Å². The van der Waals surface area contributed by atoms with E-state index in [9.17, 15) is 0 Å². The third-order valence-electron chi connectivity index (χ3n) is 6.94. The van der Waals surface area contributed by atoms with Gasteiger partial charge in [0, 0.05) is 0 Å². The molecule has 4 rings (SSSR count). The second-order valence-corrected chi connectivity index (χ2v) is 8.98. The summed E-state index contributed by atoms with van der Waals surface area (Å²) in [5, 5.41) is 0. The van der Waals surface area contributed by atoms with E-state index >= 15 is 0 Å². The fourth-order valence-corrected chi connectivity index (χ4v) is 5.29. The predicted octanol–water partition coefficient (Wildman–Crippen LogP) is 5.77. The SMILES string of the molecule is CCCc1ccc(B(c2ccccc2)c2ccc(C3CCCCC3)cc2)cc1CC. The van der Waals surface area contributed by atoms with Gasteiger partial charge >= 0.3 is 0 Å². The number of rotatable bonds is 7. The summed E-state index contributed by atoms with van der Waals surface area (Å²) in [6.07, 6.45) is 10.4. The lowest BCUT2D eigenvalue weighted by Crippen LogP contribution is -2.52. The molecule has 3 aromatic rings. The molecule has 1 fully saturated rings. The van der Waals surface area contributed by atoms with Crippen LogP contribution in [0.5, 0.6) is 0 Å². The van der Waals surface area contributed by atoms with E-state index in [0.29, 0.717) is 6.71 Å². The van der Waals surface area contributed by atoms with Crippen molar-refractivity contribution in [1.82, 2.24) is 0 Å². The van der Waals surface area contributed by atoms with Gasteiger partial charge in [-0.05, 0) is 48.3 Å². The van der Waals surface area contributed by atoms with E-state index in [1.807, 2.05) is 0 Å². The highest BCUT2D eigenvalue weighted by atomic mass is 14.2. The molecule has 0 unspecified atom stereocenters. The van der Waals surface area contributed by atoms with Crippen molar-refractivity contribution in [2.45, 2.75) is 71.1 Å². The molecule has 0 spiro atoms. The molecule has 0 aromatic heterocycles. The van der Waals surface area contributed by atoms with Crippen molar-refractivity contribution in [1.29, 1.82) is 0 Å². The molecule has 0 atom stereocenters. The zero-order valence-corrected chi connectivity index (χ0v) is 18.7. The minimum absolute atomic E-state index is 0.299. The van der Waals surface area contributed by atoms with Gasteiger partial charge in [0.1, 0.15) is 0 Å². The molecule has 1 aliphatic rings. The van der Waals surface area contributed by atoms with E-state index in [0.717, 1.165) is 12.3 Å². The molecule has 3 aromatic carbocycles. The second-order valence-electron chi connectivity index (χ2n) is 8.98. The highest BCUT2D eigenvalue weighted by molar-refractivity contribution is 6.95. The Bertz CT molecular complexity index is 920. The standard InChI is InChI=1S/C29H35B/c1-3-11-24-18-21-29(22-23(24)4-2)30(27-14-9-6-10-15-27)28-19-16-26(17-20-28)25-12-7-5-8-13-25/h6,9-10,14-22,25H,3-5,7-8,11-13H2,1-2H3. The third kappa shape index (κ3) is 4.72. The Balaban J connectivity index is 1.71. The van der Waals surface area contributed by atoms with Gasteiger partial charge in [-0.15, -0.1) is 0 Å². The van der Waals surface area contributed by atoms with Gasteiger partial charge in [-0.2, -0.15) is 0 Å². The molecule has 0 radical (unpaired) electrons. The summed E-state index contributed by atoms with van der Waals surface area (Å²) in [7, 11) is 0. The molecule has 0 bridgehead atoms. The monoisotopic (exact) mass is 394 g/mol. The number of hydrogen-bond acceptors (Lipinski definition) is 0. The first kappa shape index (κ1) is 21.0. The Hall–Kier alpha value is -2.28. The average molecular weight is 394 g/mol. The van der Waals surface area contributed by atoms with E-state index in [4.69, 9.17) is 0 Å². The maximum Gasteiger partial charge on any atom is 0.241 e. The molecule has 1 saturated carbocycles. The van der Waals surface area contributed by atoms with Crippen LogP contribution in [0.25, 0.3) is 0 Å². The fraction of sp³-hybridized carbons (Fsp3) is 0.379. The minimum Gasteiger partial charge on any atom is -0.0687 e. The Morgan fingerprint density at radius 2 is 1.37 bits per heavy atom. The summed E-state index contributed by atoms with van der Waals surface area (Å²) in [5.41, 5.74) is 8.78. The van der Waals surface area contributed by atoms with Gasteiger partial charge in [0.25, 0.3) is 0 Å². The van der Waals surface area contributed by atoms with E-state index in [1.165, 1.54) is 78.0 Å². The summed E-state index contributed by atoms with van der Waals surface area (Å²) in [6, 6.07) is 27.9. The lowest BCUT2D eigenvalue weighted by Gasteiger charge is -2.23. The van der Waals surface area contributed by atoms with Crippen LogP contribution in [0, 0.1) is 0 Å². The quantitative estimate of drug-likeness (QED) is 0.447. The topological polar surface area (TPSA) is 0 Å². The normalized spacial score (nSPS) is 14.6. The summed E-state index contributed by atoms with van der Waals surface area (Å²) in [4.78, 5) is 0. The van der Waals surface area contributed by atoms with Crippen LogP contribution in [0.2, 0.25) is 0 Å². The zero-order valence-electron chi connectivity index (χ0n) is 18.7. The van der Waals surface area contributed by atoms with Gasteiger partial charge in [0.15, 0.2) is 0 Å². The Morgan fingerprint density at radius 3 is 2.03 bits per heavy atom. The average Bonchev–Trinajstić information content (AvgIpc) is 2.82. The molecule has 0 nitrogen and oxygen atoms in total. The van der Waals surface area contributed by atoms with Crippen molar-refractivity contribution < 1.29 is 0 Å². The second kappa shape index (κ2) is 10.2. The van der Waals surface area contributed by atoms with Gasteiger partial charge in [0.2, 0.25) is 6.71 Å². The van der Waals surface area contributed by atoms with Crippen molar-refractivity contribution in [3.8, 4) is 0 Å². The van der Waals surface area contributed by atoms with E-state index in [-0.39, 0.29) is 0 Å². The van der Waals surface area contributed by atoms with Crippen LogP contribution in [0.15, 0.2) is 72.8 Å². The van der Waals surface area contributed by atoms with Crippen molar-refractivity contribution in [3.63, 3.8) is 0 Å². The molecule has 0 heterocycles. The fourth-order valence-electron chi connectivity index (χ4n) is 5.29. The molecule has 30 heavy (non-hydrogen) atoms. The Kier molecular flexibility index (Phi) is 7.10. The van der Waals surface area contributed by atoms with Crippen LogP contribution in [0.1, 0.15) is 75.0 Å². The van der Waals surface area contributed by atoms with Crippen LogP contribution in [-0.2, 0) is 12.8 Å². The highest BCUT2D eigenvalue weighted by Crippen LogP contribution is 2.32. The summed E-state index contributed by atoms with van der Waals surface area (Å²) in [5.74, 6) is 0.767. The molecule has 1 aliphatic carbocycles. The molecular weight excluding hydrogens is 359 g/mol. The van der Waals surface area contributed by atoms with Gasteiger partial charge < -0.3 is 0 Å². The predicted molar refractivity (Wildman–Crippen MR) is 133 cm³/mol. The van der Waals surface area contributed by atoms with Gasteiger partial charge in [0.05, 0.1) is 0 Å². The number of aryl methyl sites for hydroxylation is 2. The number of hydrogen-bond donors (Lipinski definition) is 0. The summed E-state index contributed by atoms with van der Waals surface area (Å²) >= 11 is 0. The molecule has 0 saturated heterocycles. The molecule has 0 aliphatic heterocycles. The molecule has 0 N–H and O–H groups in total. The maximum absolute atomic E-state index is 2.47. The molecule has 154 valence electrons. The van der Waals surface area contributed by atoms with Gasteiger partial charge in [-0.1, -0.05) is 129 Å². The van der Waals surface area contributed by atoms with E-state index in [1.54, 1.807) is 0 Å². The first-order chi connectivity index (χ1) is 14.8. The summed E-state index contributed by atoms with van der Waals surface area (Å²) < 4.78 is 0. The first-order valence-corrected chi connectivity index (χ1v) is 12.1. The molecule has 0 amide bonds. The minimum atomic E-state index is 0.299. The third-order valence-corrected chi connectivity index (χ3v) is 6.94. The Morgan fingerprint density at radius 1 is 0.700 bits per heavy atom. The van der Waals surface area contributed by atoms with Crippen LogP contribution < -0.4 is 16.4 Å². The van der Waals surface area contributed by atoms with E-state index < -0.39 is 0 Å². The van der Waals surface area contributed by atoms with Crippen LogP contribution >= 0.6 is 0 Å². The maximum atomic E-state index is 2.47. The van der Waals surface area contributed by atoms with E-state index in [2.05, 4.69) is 86.6 Å². The molecular formula is C29H35B. The van der Waals surface area contributed by atoms with Crippen LogP contribution in [0.4, 0.5) is 0 Å². The number of benzene rings is 3. The zero-order chi connectivity index (χ0) is 20.8. The Labute approximate surface area is 183 Å². The van der Waals surface area contributed by atoms with Crippen molar-refractivity contribution in [3.05, 3.63) is 89.5 Å². The smallest absolute Gasteiger partial charge is 0.0687 e. The highest BCUT2D eigenvalue weighted by Gasteiger charge is 2.23. The lowest BCUT2D eigenvalue weighted by molar-refractivity contribution is 0.443. The van der Waals surface area contributed by atoms with Crippen LogP contribution in [0.3, 0.4) is 0 Å². The van der Waals surface area contributed by atoms with Crippen molar-refractivity contribution in [2.24, 2.45) is 0 Å². The van der Waals surface area contributed by atoms with Crippen LogP contribution in [-0.4, -0.2) is 6.71 Å². The largest absolute Gasteiger partial charge is 0.241 e. The molecule has 1 heteroatoms. The lowest BCUT2D eigenvalue weighted by atomic mass is 9.36. The van der Waals surface area contributed by atoms with Gasteiger partial charge in [-0.25, -0.2) is 0 Å².